The Kier molecular flexibility index (Phi) is 15.9. The summed E-state index contributed by atoms with van der Waals surface area (Å²) in [5, 5.41) is 15.2. The van der Waals surface area contributed by atoms with Crippen molar-refractivity contribution in [3.8, 4) is 89.0 Å². The highest BCUT2D eigenvalue weighted by molar-refractivity contribution is 6.23. The molecule has 560 valence electrons. The molecule has 0 atom stereocenters. The third-order valence-electron chi connectivity index (χ3n) is 24.5. The van der Waals surface area contributed by atoms with Gasteiger partial charge in [-0.25, -0.2) is 0 Å². The Morgan fingerprint density at radius 1 is 0.150 bits per heavy atom. The molecule has 24 rings (SSSR count). The van der Waals surface area contributed by atoms with Crippen LogP contribution in [-0.2, 0) is 0 Å². The van der Waals surface area contributed by atoms with E-state index in [0.29, 0.717) is 0 Å². The fraction of sp³-hybridized carbons (Fsp3) is 0. The van der Waals surface area contributed by atoms with Gasteiger partial charge in [0, 0.05) is 93.0 Å². The first-order valence-corrected chi connectivity index (χ1v) is 40.9. The van der Waals surface area contributed by atoms with Crippen LogP contribution in [0.1, 0.15) is 0 Å². The van der Waals surface area contributed by atoms with Crippen molar-refractivity contribution >= 4 is 154 Å². The Morgan fingerprint density at radius 3 is 1.12 bits per heavy atom. The first-order chi connectivity index (χ1) is 59.5. The molecule has 0 amide bonds. The van der Waals surface area contributed by atoms with Crippen LogP contribution in [0, 0.1) is 0 Å². The smallest absolute Gasteiger partial charge is 0.143 e. The SMILES string of the molecule is c1ccc(-c2cccc(-c3ccc(N(c4ccc(-c5cccc6oc7c8cc(-c9ccc%10c(ccc%11c%10oc%10cccc(-c%12ccccc%12N(c%12ccc(-c%13ccc%14oc%15ccccc%15c%14c%13)cc%12)c%12ccccc%12-c%12ccccc%12)c%10%11)c9)ccc8ccc7c56)cc4)c4ccccc4-c4cccc5oc6c7ccccc7ccc6c45)cc3)c2)cc1. The van der Waals surface area contributed by atoms with Gasteiger partial charge in [-0.3, -0.25) is 0 Å². The van der Waals surface area contributed by atoms with E-state index in [1.165, 1.54) is 11.1 Å². The monoisotopic (exact) mass is 1530 g/mol. The quantitative estimate of drug-likeness (QED) is 0.108. The molecule has 4 heterocycles. The predicted octanol–water partition coefficient (Wildman–Crippen LogP) is 33.0. The largest absolute Gasteiger partial charge is 0.456 e. The Bertz CT molecular complexity index is 8210. The molecular formula is C114H70N2O4. The van der Waals surface area contributed by atoms with Crippen molar-refractivity contribution < 1.29 is 17.7 Å². The highest BCUT2D eigenvalue weighted by Crippen LogP contribution is 2.52. The second-order valence-corrected chi connectivity index (χ2v) is 31.2. The number of anilines is 6. The number of para-hydroxylation sites is 4. The molecule has 0 unspecified atom stereocenters. The third kappa shape index (κ3) is 11.3. The van der Waals surface area contributed by atoms with Gasteiger partial charge in [-0.1, -0.05) is 291 Å². The van der Waals surface area contributed by atoms with E-state index in [1.54, 1.807) is 0 Å². The predicted molar refractivity (Wildman–Crippen MR) is 501 cm³/mol. The number of benzene rings is 20. The highest BCUT2D eigenvalue weighted by atomic mass is 16.3. The number of furan rings is 4. The first kappa shape index (κ1) is 68.4. The molecule has 0 N–H and O–H groups in total. The molecule has 0 saturated carbocycles. The van der Waals surface area contributed by atoms with Crippen molar-refractivity contribution in [2.75, 3.05) is 9.80 Å². The van der Waals surface area contributed by atoms with Gasteiger partial charge in [0.1, 0.15) is 44.7 Å². The van der Waals surface area contributed by atoms with Crippen LogP contribution in [0.5, 0.6) is 0 Å². The third-order valence-corrected chi connectivity index (χ3v) is 24.5. The van der Waals surface area contributed by atoms with E-state index in [2.05, 4.69) is 422 Å². The summed E-state index contributed by atoms with van der Waals surface area (Å²) in [5.41, 5.74) is 31.0. The second-order valence-electron chi connectivity index (χ2n) is 31.2. The van der Waals surface area contributed by atoms with E-state index in [1.807, 2.05) is 12.1 Å². The molecule has 0 fully saturated rings. The fourth-order valence-corrected chi connectivity index (χ4v) is 18.8. The maximum absolute atomic E-state index is 7.09. The summed E-state index contributed by atoms with van der Waals surface area (Å²) in [6.45, 7) is 0. The van der Waals surface area contributed by atoms with Crippen LogP contribution in [0.3, 0.4) is 0 Å². The van der Waals surface area contributed by atoms with Gasteiger partial charge < -0.3 is 27.5 Å². The van der Waals surface area contributed by atoms with Crippen LogP contribution >= 0.6 is 0 Å². The molecule has 6 nitrogen and oxygen atoms in total. The Hall–Kier alpha value is -16.0. The van der Waals surface area contributed by atoms with E-state index >= 15 is 0 Å². The summed E-state index contributed by atoms with van der Waals surface area (Å²) < 4.78 is 27.2. The van der Waals surface area contributed by atoms with Crippen LogP contribution in [0.15, 0.2) is 442 Å². The summed E-state index contributed by atoms with van der Waals surface area (Å²) in [6, 6.07) is 153. The van der Waals surface area contributed by atoms with E-state index in [0.717, 1.165) is 232 Å². The second kappa shape index (κ2) is 27.9. The fourth-order valence-electron chi connectivity index (χ4n) is 18.8. The van der Waals surface area contributed by atoms with Gasteiger partial charge in [0.25, 0.3) is 0 Å². The van der Waals surface area contributed by atoms with Crippen molar-refractivity contribution in [3.05, 3.63) is 425 Å². The molecule has 120 heavy (non-hydrogen) atoms. The molecule has 0 saturated heterocycles. The minimum absolute atomic E-state index is 0.827. The van der Waals surface area contributed by atoms with Gasteiger partial charge in [-0.15, -0.1) is 0 Å². The summed E-state index contributed by atoms with van der Waals surface area (Å²) in [7, 11) is 0. The van der Waals surface area contributed by atoms with Gasteiger partial charge >= 0.3 is 0 Å². The van der Waals surface area contributed by atoms with Crippen molar-refractivity contribution in [1.29, 1.82) is 0 Å². The normalized spacial score (nSPS) is 11.8. The van der Waals surface area contributed by atoms with Crippen molar-refractivity contribution in [2.45, 2.75) is 0 Å². The Balaban J connectivity index is 0.574. The lowest BCUT2D eigenvalue weighted by molar-refractivity contribution is 0.669. The Morgan fingerprint density at radius 2 is 0.492 bits per heavy atom. The molecule has 0 spiro atoms. The molecule has 0 aliphatic rings. The minimum atomic E-state index is 0.827. The lowest BCUT2D eigenvalue weighted by Crippen LogP contribution is -2.12. The Labute approximate surface area is 690 Å². The zero-order chi connectivity index (χ0) is 78.9. The van der Waals surface area contributed by atoms with E-state index < -0.39 is 0 Å². The molecule has 4 aromatic heterocycles. The van der Waals surface area contributed by atoms with Crippen LogP contribution < -0.4 is 9.80 Å². The zero-order valence-electron chi connectivity index (χ0n) is 64.9. The molecule has 0 aliphatic heterocycles. The van der Waals surface area contributed by atoms with Crippen LogP contribution in [-0.4, -0.2) is 0 Å². The van der Waals surface area contributed by atoms with Gasteiger partial charge in [0.2, 0.25) is 0 Å². The molecule has 0 aliphatic carbocycles. The minimum Gasteiger partial charge on any atom is -0.456 e. The van der Waals surface area contributed by atoms with Crippen molar-refractivity contribution in [3.63, 3.8) is 0 Å². The van der Waals surface area contributed by atoms with E-state index in [-0.39, 0.29) is 0 Å². The lowest BCUT2D eigenvalue weighted by atomic mass is 9.94. The van der Waals surface area contributed by atoms with Crippen molar-refractivity contribution in [1.82, 2.24) is 0 Å². The van der Waals surface area contributed by atoms with Crippen LogP contribution in [0.4, 0.5) is 34.1 Å². The number of nitrogens with zero attached hydrogens (tertiary/aromatic N) is 2. The summed E-state index contributed by atoms with van der Waals surface area (Å²) in [6.07, 6.45) is 0. The van der Waals surface area contributed by atoms with Gasteiger partial charge in [-0.2, -0.15) is 0 Å². The van der Waals surface area contributed by atoms with Gasteiger partial charge in [-0.05, 0) is 222 Å². The highest BCUT2D eigenvalue weighted by Gasteiger charge is 2.27. The van der Waals surface area contributed by atoms with Crippen molar-refractivity contribution in [2.24, 2.45) is 0 Å². The maximum atomic E-state index is 7.09. The van der Waals surface area contributed by atoms with Gasteiger partial charge in [0.05, 0.1) is 17.1 Å². The lowest BCUT2D eigenvalue weighted by Gasteiger charge is -2.30. The maximum Gasteiger partial charge on any atom is 0.143 e. The first-order valence-electron chi connectivity index (χ1n) is 40.9. The summed E-state index contributed by atoms with van der Waals surface area (Å²) in [4.78, 5) is 4.82. The molecule has 0 radical (unpaired) electrons. The number of fused-ring (bicyclic) bond motifs is 18. The average Bonchev–Trinajstić information content (AvgIpc) is 1.55. The van der Waals surface area contributed by atoms with Crippen LogP contribution in [0.2, 0.25) is 0 Å². The van der Waals surface area contributed by atoms with Crippen LogP contribution in [0.25, 0.3) is 209 Å². The molecule has 20 aromatic carbocycles. The topological polar surface area (TPSA) is 59.0 Å². The zero-order valence-corrected chi connectivity index (χ0v) is 64.9. The number of rotatable bonds is 14. The molecule has 0 bridgehead atoms. The standard InChI is InChI=1S/C114H70N2O4/c1-3-21-71(22-4-1)78-26-17-27-79(67-78)72-45-56-84(57-46-72)115(102-37-14-10-30-91(102)94-34-19-41-107-110(94)97-63-51-75-25-7-8-29-89(75)112(97)118-107)85-60-49-76(50-61-85)88-33-18-40-106-109(88)96-64-52-77-43-44-82(69-99(77)114(96)120-106)80-53-62-90-83(68-80)54-65-98-111-95(35-20-42-108(111)119-113(90)98)92-31-11-15-38-103(92)116(101-36-13-9-28-87(101)74-23-5-2-6-24-74)86-58-47-73(48-59-86)81-55-66-105-100(70-81)93-32-12-16-39-104(93)117-105/h1-70H. The van der Waals surface area contributed by atoms with E-state index in [4.69, 9.17) is 17.7 Å². The van der Waals surface area contributed by atoms with Gasteiger partial charge in [0.15, 0.2) is 0 Å². The van der Waals surface area contributed by atoms with E-state index in [9.17, 15) is 0 Å². The number of hydrogen-bond acceptors (Lipinski definition) is 6. The summed E-state index contributed by atoms with van der Waals surface area (Å²) in [5.74, 6) is 0. The molecule has 6 heteroatoms. The summed E-state index contributed by atoms with van der Waals surface area (Å²) >= 11 is 0. The molecular weight excluding hydrogens is 1460 g/mol. The number of hydrogen-bond donors (Lipinski definition) is 0. The molecule has 24 aromatic rings. The average molecular weight is 1530 g/mol.